The average Bonchev–Trinajstić information content (AvgIpc) is 2.45. The van der Waals surface area contributed by atoms with Crippen molar-refractivity contribution in [2.24, 2.45) is 17.8 Å². The summed E-state index contributed by atoms with van der Waals surface area (Å²) < 4.78 is 0. The molecule has 0 N–H and O–H groups in total. The van der Waals surface area contributed by atoms with E-state index in [0.29, 0.717) is 0 Å². The van der Waals surface area contributed by atoms with Crippen LogP contribution in [0.2, 0.25) is 0 Å². The average molecular weight is 398 g/mol. The summed E-state index contributed by atoms with van der Waals surface area (Å²) in [7, 11) is 0. The van der Waals surface area contributed by atoms with Gasteiger partial charge >= 0.3 is 0 Å². The summed E-state index contributed by atoms with van der Waals surface area (Å²) >= 11 is 0. The first kappa shape index (κ1) is 31.3. The summed E-state index contributed by atoms with van der Waals surface area (Å²) in [5.74, 6) is -1.57. The Morgan fingerprint density at radius 2 is 0.480 bits per heavy atom. The molecule has 0 radical (unpaired) electrons. The molecule has 0 spiro atoms. The maximum Gasteiger partial charge on any atom is 0.139 e. The van der Waals surface area contributed by atoms with E-state index in [2.05, 4.69) is 0 Å². The fourth-order valence-corrected chi connectivity index (χ4v) is 0.859. The van der Waals surface area contributed by atoms with Gasteiger partial charge in [-0.1, -0.05) is 0 Å². The molecule has 0 aliphatic rings. The number of hydrogen-bond donors (Lipinski definition) is 0. The van der Waals surface area contributed by atoms with Gasteiger partial charge in [-0.25, -0.2) is 0 Å². The Morgan fingerprint density at radius 1 is 0.400 bits per heavy atom. The monoisotopic (exact) mass is 398 g/mol. The zero-order valence-corrected chi connectivity index (χ0v) is 17.6. The van der Waals surface area contributed by atoms with Gasteiger partial charge in [-0.3, -0.25) is 28.8 Å². The standard InChI is InChI=1S/3C6H10O2.Fe/c3*1-4(5(2)7)6(3)8;/h3*4H,1-3H3;. The van der Waals surface area contributed by atoms with Gasteiger partial charge in [0, 0.05) is 17.1 Å². The molecule has 0 aromatic rings. The van der Waals surface area contributed by atoms with Crippen LogP contribution in [0.3, 0.4) is 0 Å². The second-order valence-electron chi connectivity index (χ2n) is 5.83. The van der Waals surface area contributed by atoms with Crippen LogP contribution in [0.4, 0.5) is 0 Å². The number of carbonyl (C=O) groups excluding carboxylic acids is 6. The Kier molecular flexibility index (Phi) is 20.1. The summed E-state index contributed by atoms with van der Waals surface area (Å²) in [6, 6.07) is 0. The third-order valence-corrected chi connectivity index (χ3v) is 3.66. The molecule has 0 unspecified atom stereocenters. The smallest absolute Gasteiger partial charge is 0.139 e. The molecule has 0 aromatic carbocycles. The second-order valence-corrected chi connectivity index (χ2v) is 5.83. The van der Waals surface area contributed by atoms with Crippen LogP contribution < -0.4 is 0 Å². The van der Waals surface area contributed by atoms with E-state index in [9.17, 15) is 28.8 Å². The molecule has 0 rings (SSSR count). The van der Waals surface area contributed by atoms with Crippen molar-refractivity contribution >= 4 is 34.7 Å². The predicted octanol–water partition coefficient (Wildman–Crippen LogP) is 2.40. The number of rotatable bonds is 6. The first-order chi connectivity index (χ1) is 10.7. The molecule has 0 saturated heterocycles. The Labute approximate surface area is 161 Å². The Bertz CT molecular complexity index is 382. The summed E-state index contributed by atoms with van der Waals surface area (Å²) in [6.07, 6.45) is 0. The van der Waals surface area contributed by atoms with Gasteiger partial charge in [-0.2, -0.15) is 0 Å². The third-order valence-electron chi connectivity index (χ3n) is 3.66. The number of ketones is 6. The number of hydrogen-bond acceptors (Lipinski definition) is 6. The van der Waals surface area contributed by atoms with E-state index in [1.165, 1.54) is 41.5 Å². The van der Waals surface area contributed by atoms with E-state index < -0.39 is 17.8 Å². The molecule has 6 nitrogen and oxygen atoms in total. The topological polar surface area (TPSA) is 102 Å². The van der Waals surface area contributed by atoms with E-state index in [-0.39, 0.29) is 51.8 Å². The second kappa shape index (κ2) is 16.0. The molecule has 0 aromatic heterocycles. The summed E-state index contributed by atoms with van der Waals surface area (Å²) in [6.45, 7) is 13.4. The molecule has 0 aliphatic carbocycles. The number of carbonyl (C=O) groups is 6. The maximum atomic E-state index is 10.4. The van der Waals surface area contributed by atoms with Crippen molar-refractivity contribution in [3.8, 4) is 0 Å². The van der Waals surface area contributed by atoms with Gasteiger partial charge in [0.25, 0.3) is 0 Å². The Balaban J connectivity index is -0.000000130. The first-order valence-corrected chi connectivity index (χ1v) is 7.69. The molecule has 7 heteroatoms. The van der Waals surface area contributed by atoms with Crippen LogP contribution in [0.5, 0.6) is 0 Å². The molecule has 0 fully saturated rings. The molecular weight excluding hydrogens is 368 g/mol. The predicted molar refractivity (Wildman–Crippen MR) is 91.6 cm³/mol. The molecule has 0 bridgehead atoms. The van der Waals surface area contributed by atoms with Gasteiger partial charge in [0.05, 0.1) is 17.8 Å². The van der Waals surface area contributed by atoms with Crippen LogP contribution in [0, 0.1) is 17.8 Å². The van der Waals surface area contributed by atoms with Crippen LogP contribution >= 0.6 is 0 Å². The van der Waals surface area contributed by atoms with Crippen molar-refractivity contribution in [3.63, 3.8) is 0 Å². The van der Waals surface area contributed by atoms with Crippen LogP contribution in [0.25, 0.3) is 0 Å². The van der Waals surface area contributed by atoms with E-state index in [1.807, 2.05) is 0 Å². The molecule has 0 saturated carbocycles. The van der Waals surface area contributed by atoms with Gasteiger partial charge in [-0.15, -0.1) is 0 Å². The minimum atomic E-state index is -0.407. The normalized spacial score (nSPS) is 9.12. The third kappa shape index (κ3) is 18.7. The molecule has 0 atom stereocenters. The summed E-state index contributed by atoms with van der Waals surface area (Å²) in [4.78, 5) is 62.2. The van der Waals surface area contributed by atoms with Crippen molar-refractivity contribution in [3.05, 3.63) is 0 Å². The van der Waals surface area contributed by atoms with E-state index >= 15 is 0 Å². The minimum absolute atomic E-state index is 0. The van der Waals surface area contributed by atoms with Gasteiger partial charge in [0.1, 0.15) is 34.7 Å². The van der Waals surface area contributed by atoms with E-state index in [1.54, 1.807) is 20.8 Å². The fourth-order valence-electron chi connectivity index (χ4n) is 0.859. The maximum absolute atomic E-state index is 10.4. The van der Waals surface area contributed by atoms with Crippen molar-refractivity contribution < 1.29 is 45.8 Å². The summed E-state index contributed by atoms with van der Waals surface area (Å²) in [5.41, 5.74) is 0. The van der Waals surface area contributed by atoms with E-state index in [0.717, 1.165) is 0 Å². The van der Waals surface area contributed by atoms with Crippen LogP contribution in [0.15, 0.2) is 0 Å². The van der Waals surface area contributed by atoms with Crippen molar-refractivity contribution in [1.29, 1.82) is 0 Å². The molecule has 0 aliphatic heterocycles. The molecule has 146 valence electrons. The van der Waals surface area contributed by atoms with Crippen LogP contribution in [-0.4, -0.2) is 34.7 Å². The molecule has 0 heterocycles. The minimum Gasteiger partial charge on any atom is -0.299 e. The van der Waals surface area contributed by atoms with Crippen molar-refractivity contribution in [1.82, 2.24) is 0 Å². The van der Waals surface area contributed by atoms with Crippen LogP contribution in [0.1, 0.15) is 62.3 Å². The van der Waals surface area contributed by atoms with Crippen LogP contribution in [-0.2, 0) is 45.8 Å². The van der Waals surface area contributed by atoms with Gasteiger partial charge in [0.2, 0.25) is 0 Å². The van der Waals surface area contributed by atoms with Gasteiger partial charge in [0.15, 0.2) is 0 Å². The SMILES string of the molecule is CC(=O)C(C)C(C)=O.CC(=O)C(C)C(C)=O.CC(=O)C(C)C(C)=O.[Fe]. The Hall–Kier alpha value is -1.46. The van der Waals surface area contributed by atoms with Crippen molar-refractivity contribution in [2.45, 2.75) is 62.3 Å². The molecule has 25 heavy (non-hydrogen) atoms. The summed E-state index contributed by atoms with van der Waals surface area (Å²) in [5, 5.41) is 0. The number of Topliss-reactive ketones (excluding diaryl/α,β-unsaturated/α-hetero) is 6. The zero-order chi connectivity index (χ0) is 20.2. The van der Waals surface area contributed by atoms with Crippen molar-refractivity contribution in [2.75, 3.05) is 0 Å². The molecular formula is C18H30FeO6. The Morgan fingerprint density at radius 3 is 0.480 bits per heavy atom. The van der Waals surface area contributed by atoms with Gasteiger partial charge in [-0.05, 0) is 62.3 Å². The van der Waals surface area contributed by atoms with Gasteiger partial charge < -0.3 is 0 Å². The zero-order valence-electron chi connectivity index (χ0n) is 16.5. The fraction of sp³-hybridized carbons (Fsp3) is 0.667. The first-order valence-electron chi connectivity index (χ1n) is 7.69. The van der Waals surface area contributed by atoms with E-state index in [4.69, 9.17) is 0 Å². The largest absolute Gasteiger partial charge is 0.299 e. The molecule has 0 amide bonds. The quantitative estimate of drug-likeness (QED) is 0.503.